The van der Waals surface area contributed by atoms with Crippen LogP contribution in [0.2, 0.25) is 0 Å². The third kappa shape index (κ3) is 5.89. The lowest BCUT2D eigenvalue weighted by atomic mass is 10.1. The van der Waals surface area contributed by atoms with E-state index in [1.54, 1.807) is 18.2 Å². The fourth-order valence-corrected chi connectivity index (χ4v) is 5.65. The predicted octanol–water partition coefficient (Wildman–Crippen LogP) is 3.80. The smallest absolute Gasteiger partial charge is 0.243 e. The fourth-order valence-electron chi connectivity index (χ4n) is 3.48. The van der Waals surface area contributed by atoms with Crippen molar-refractivity contribution in [3.8, 4) is 0 Å². The van der Waals surface area contributed by atoms with Crippen LogP contribution in [-0.2, 0) is 14.8 Å². The Morgan fingerprint density at radius 1 is 1.15 bits per heavy atom. The van der Waals surface area contributed by atoms with Crippen molar-refractivity contribution in [3.63, 3.8) is 0 Å². The molecule has 2 heterocycles. The Bertz CT molecular complexity index is 1260. The molecule has 172 valence electrons. The number of anilines is 1. The highest BCUT2D eigenvalue weighted by Gasteiger charge is 2.27. The molecule has 33 heavy (non-hydrogen) atoms. The molecule has 4 rings (SSSR count). The monoisotopic (exact) mass is 483 g/mol. The van der Waals surface area contributed by atoms with Crippen molar-refractivity contribution in [1.29, 1.82) is 0 Å². The maximum atomic E-state index is 12.7. The number of benzene rings is 2. The minimum Gasteiger partial charge on any atom is -0.325 e. The van der Waals surface area contributed by atoms with Gasteiger partial charge in [-0.2, -0.15) is 4.31 Å². The molecule has 3 aromatic rings. The number of aryl methyl sites for hydroxylation is 1. The van der Waals surface area contributed by atoms with Crippen molar-refractivity contribution in [2.24, 2.45) is 0 Å². The molecule has 0 aliphatic carbocycles. The van der Waals surface area contributed by atoms with Gasteiger partial charge in [0.15, 0.2) is 0 Å². The first-order chi connectivity index (χ1) is 15.9. The van der Waals surface area contributed by atoms with E-state index >= 15 is 0 Å². The van der Waals surface area contributed by atoms with E-state index < -0.39 is 10.0 Å². The molecule has 0 spiro atoms. The Balaban J connectivity index is 1.32. The van der Waals surface area contributed by atoms with E-state index in [0.717, 1.165) is 24.0 Å². The van der Waals surface area contributed by atoms with E-state index in [2.05, 4.69) is 20.5 Å². The van der Waals surface area contributed by atoms with Gasteiger partial charge in [-0.3, -0.25) is 9.89 Å². The first kappa shape index (κ1) is 23.2. The van der Waals surface area contributed by atoms with Crippen LogP contribution in [-0.4, -0.2) is 52.7 Å². The normalized spacial score (nSPS) is 14.7. The molecule has 1 amide bonds. The molecule has 2 N–H and O–H groups in total. The molecule has 8 nitrogen and oxygen atoms in total. The van der Waals surface area contributed by atoms with Crippen molar-refractivity contribution in [3.05, 3.63) is 65.5 Å². The Hall–Kier alpha value is -2.95. The van der Waals surface area contributed by atoms with Crippen molar-refractivity contribution >= 4 is 45.5 Å². The van der Waals surface area contributed by atoms with Gasteiger partial charge in [-0.15, -0.1) is 5.10 Å². The van der Waals surface area contributed by atoms with Crippen molar-refractivity contribution in [2.75, 3.05) is 24.2 Å². The second kappa shape index (κ2) is 10.3. The summed E-state index contributed by atoms with van der Waals surface area (Å²) in [5.74, 6) is 0.431. The van der Waals surface area contributed by atoms with Gasteiger partial charge in [0.05, 0.1) is 10.6 Å². The van der Waals surface area contributed by atoms with Gasteiger partial charge in [0.2, 0.25) is 21.1 Å². The maximum absolute atomic E-state index is 12.7. The Kier molecular flexibility index (Phi) is 7.26. The van der Waals surface area contributed by atoms with Gasteiger partial charge in [0, 0.05) is 18.8 Å². The summed E-state index contributed by atoms with van der Waals surface area (Å²) in [6, 6.07) is 14.4. The summed E-state index contributed by atoms with van der Waals surface area (Å²) in [4.78, 5) is 16.9. The van der Waals surface area contributed by atoms with Crippen LogP contribution < -0.4 is 5.32 Å². The largest absolute Gasteiger partial charge is 0.325 e. The lowest BCUT2D eigenvalue weighted by molar-refractivity contribution is -0.113. The Morgan fingerprint density at radius 3 is 2.73 bits per heavy atom. The van der Waals surface area contributed by atoms with Crippen LogP contribution in [0.25, 0.3) is 12.2 Å². The maximum Gasteiger partial charge on any atom is 0.243 e. The number of rotatable bonds is 8. The molecule has 10 heteroatoms. The van der Waals surface area contributed by atoms with Crippen LogP contribution in [0.15, 0.2) is 58.6 Å². The Morgan fingerprint density at radius 2 is 1.94 bits per heavy atom. The number of aromatic nitrogens is 3. The van der Waals surface area contributed by atoms with Crippen LogP contribution >= 0.6 is 11.8 Å². The average Bonchev–Trinajstić information content (AvgIpc) is 3.50. The number of nitrogens with one attached hydrogen (secondary N) is 2. The summed E-state index contributed by atoms with van der Waals surface area (Å²) >= 11 is 1.20. The molecule has 2 aromatic carbocycles. The quantitative estimate of drug-likeness (QED) is 0.472. The molecular weight excluding hydrogens is 458 g/mol. The summed E-state index contributed by atoms with van der Waals surface area (Å²) in [6.45, 7) is 3.11. The second-order valence-electron chi connectivity index (χ2n) is 7.67. The van der Waals surface area contributed by atoms with Crippen LogP contribution in [0.3, 0.4) is 0 Å². The van der Waals surface area contributed by atoms with E-state index in [-0.39, 0.29) is 16.6 Å². The van der Waals surface area contributed by atoms with Gasteiger partial charge in [0.1, 0.15) is 5.82 Å². The van der Waals surface area contributed by atoms with E-state index in [1.165, 1.54) is 22.1 Å². The summed E-state index contributed by atoms with van der Waals surface area (Å²) in [5.41, 5.74) is 2.70. The number of amides is 1. The number of hydrogen-bond donors (Lipinski definition) is 2. The number of aromatic amines is 1. The number of nitrogens with zero attached hydrogens (tertiary/aromatic N) is 3. The first-order valence-corrected chi connectivity index (χ1v) is 13.0. The lowest BCUT2D eigenvalue weighted by Crippen LogP contribution is -2.28. The molecule has 1 fully saturated rings. The average molecular weight is 484 g/mol. The van der Waals surface area contributed by atoms with Gasteiger partial charge in [-0.25, -0.2) is 13.4 Å². The lowest BCUT2D eigenvalue weighted by Gasteiger charge is -2.16. The summed E-state index contributed by atoms with van der Waals surface area (Å²) < 4.78 is 26.9. The number of carbonyl (C=O) groups is 1. The molecule has 1 aliphatic heterocycles. The van der Waals surface area contributed by atoms with E-state index in [4.69, 9.17) is 0 Å². The number of hydrogen-bond acceptors (Lipinski definition) is 6. The number of thioether (sulfide) groups is 1. The SMILES string of the molecule is Cc1ccccc1C=Cc1nc(SCC(=O)Nc2cccc(S(=O)(=O)N3CCCC3)c2)n[nH]1. The fraction of sp³-hybridized carbons (Fsp3) is 0.261. The molecule has 0 saturated carbocycles. The molecule has 0 bridgehead atoms. The molecule has 0 unspecified atom stereocenters. The number of H-pyrrole nitrogens is 1. The third-order valence-electron chi connectivity index (χ3n) is 5.24. The van der Waals surface area contributed by atoms with Gasteiger partial charge < -0.3 is 5.32 Å². The highest BCUT2D eigenvalue weighted by molar-refractivity contribution is 7.99. The first-order valence-electron chi connectivity index (χ1n) is 10.6. The molecule has 0 atom stereocenters. The van der Waals surface area contributed by atoms with Crippen LogP contribution in [0, 0.1) is 6.92 Å². The van der Waals surface area contributed by atoms with E-state index in [1.807, 2.05) is 43.3 Å². The number of carbonyl (C=O) groups excluding carboxylic acids is 1. The predicted molar refractivity (Wildman–Crippen MR) is 130 cm³/mol. The van der Waals surface area contributed by atoms with Gasteiger partial charge >= 0.3 is 0 Å². The van der Waals surface area contributed by atoms with Crippen LogP contribution in [0.4, 0.5) is 5.69 Å². The second-order valence-corrected chi connectivity index (χ2v) is 10.5. The molecule has 1 aromatic heterocycles. The third-order valence-corrected chi connectivity index (χ3v) is 7.99. The van der Waals surface area contributed by atoms with Gasteiger partial charge in [-0.1, -0.05) is 48.2 Å². The number of sulfonamides is 1. The molecule has 1 saturated heterocycles. The standard InChI is InChI=1S/C23H25N5O3S2/c1-17-7-2-3-8-18(17)11-12-21-25-23(27-26-21)32-16-22(29)24-19-9-6-10-20(15-19)33(30,31)28-13-4-5-14-28/h2-3,6-12,15H,4-5,13-14,16H2,1H3,(H,24,29)(H,25,26,27). The molecular formula is C23H25N5O3S2. The highest BCUT2D eigenvalue weighted by Crippen LogP contribution is 2.23. The van der Waals surface area contributed by atoms with Gasteiger partial charge in [-0.05, 0) is 55.2 Å². The minimum absolute atomic E-state index is 0.0991. The molecule has 1 aliphatic rings. The van der Waals surface area contributed by atoms with Crippen LogP contribution in [0.5, 0.6) is 0 Å². The van der Waals surface area contributed by atoms with Crippen LogP contribution in [0.1, 0.15) is 29.8 Å². The molecule has 0 radical (unpaired) electrons. The Labute approximate surface area is 197 Å². The minimum atomic E-state index is -3.53. The zero-order valence-corrected chi connectivity index (χ0v) is 19.8. The highest BCUT2D eigenvalue weighted by atomic mass is 32.2. The summed E-state index contributed by atoms with van der Waals surface area (Å²) in [7, 11) is -3.53. The zero-order chi connectivity index (χ0) is 23.3. The summed E-state index contributed by atoms with van der Waals surface area (Å²) in [5, 5.41) is 10.2. The van der Waals surface area contributed by atoms with Crippen molar-refractivity contribution in [2.45, 2.75) is 29.8 Å². The van der Waals surface area contributed by atoms with Crippen molar-refractivity contribution in [1.82, 2.24) is 19.5 Å². The van der Waals surface area contributed by atoms with Crippen molar-refractivity contribution < 1.29 is 13.2 Å². The zero-order valence-electron chi connectivity index (χ0n) is 18.2. The summed E-state index contributed by atoms with van der Waals surface area (Å²) in [6.07, 6.45) is 5.54. The van der Waals surface area contributed by atoms with E-state index in [9.17, 15) is 13.2 Å². The van der Waals surface area contributed by atoms with E-state index in [0.29, 0.717) is 29.8 Å². The topological polar surface area (TPSA) is 108 Å². The van der Waals surface area contributed by atoms with Gasteiger partial charge in [0.25, 0.3) is 0 Å².